The van der Waals surface area contributed by atoms with Gasteiger partial charge in [0, 0.05) is 17.7 Å². The number of aryl methyl sites for hydroxylation is 1. The largest absolute Gasteiger partial charge is 0.257 e. The van der Waals surface area contributed by atoms with Gasteiger partial charge in [-0.3, -0.25) is 4.98 Å². The number of pyridine rings is 1. The standard InChI is InChI=1S/C21H17N/c1-15-12-13-18-19(14-20(18)22-15)21(16-8-4-2-5-9-16)17-10-6-3-7-11-17/h2-13H,14H2,1H3. The minimum absolute atomic E-state index is 0.954. The molecule has 106 valence electrons. The molecule has 0 N–H and O–H groups in total. The smallest absolute Gasteiger partial charge is 0.0526 e. The average molecular weight is 283 g/mol. The molecule has 0 aliphatic heterocycles. The van der Waals surface area contributed by atoms with Crippen molar-refractivity contribution in [2.75, 3.05) is 0 Å². The van der Waals surface area contributed by atoms with Gasteiger partial charge in [0.25, 0.3) is 0 Å². The lowest BCUT2D eigenvalue weighted by Gasteiger charge is -2.26. The van der Waals surface area contributed by atoms with Gasteiger partial charge in [-0.05, 0) is 35.3 Å². The van der Waals surface area contributed by atoms with Crippen LogP contribution in [0.2, 0.25) is 0 Å². The molecule has 2 aromatic carbocycles. The van der Waals surface area contributed by atoms with Crippen LogP contribution in [0.15, 0.2) is 72.8 Å². The topological polar surface area (TPSA) is 12.9 Å². The Hall–Kier alpha value is -2.67. The normalized spacial score (nSPS) is 12.5. The van der Waals surface area contributed by atoms with Crippen molar-refractivity contribution < 1.29 is 0 Å². The molecule has 22 heavy (non-hydrogen) atoms. The molecule has 1 heterocycles. The van der Waals surface area contributed by atoms with Gasteiger partial charge in [-0.15, -0.1) is 0 Å². The molecule has 1 nitrogen and oxygen atoms in total. The Bertz CT molecular complexity index is 804. The molecule has 0 fully saturated rings. The zero-order valence-corrected chi connectivity index (χ0v) is 12.6. The van der Waals surface area contributed by atoms with Crippen LogP contribution in [-0.4, -0.2) is 4.98 Å². The van der Waals surface area contributed by atoms with Gasteiger partial charge >= 0.3 is 0 Å². The van der Waals surface area contributed by atoms with E-state index in [4.69, 9.17) is 0 Å². The van der Waals surface area contributed by atoms with E-state index in [1.807, 2.05) is 0 Å². The summed E-state index contributed by atoms with van der Waals surface area (Å²) in [5.74, 6) is 0. The van der Waals surface area contributed by atoms with Crippen molar-refractivity contribution in [2.45, 2.75) is 13.3 Å². The molecule has 0 amide bonds. The van der Waals surface area contributed by atoms with Gasteiger partial charge in [0.2, 0.25) is 0 Å². The highest BCUT2D eigenvalue weighted by Crippen LogP contribution is 2.41. The third-order valence-electron chi connectivity index (χ3n) is 4.21. The Morgan fingerprint density at radius 1 is 0.773 bits per heavy atom. The first-order chi connectivity index (χ1) is 10.8. The highest BCUT2D eigenvalue weighted by molar-refractivity contribution is 6.02. The molecule has 1 heteroatoms. The Morgan fingerprint density at radius 2 is 1.36 bits per heavy atom. The molecular formula is C21H17N. The summed E-state index contributed by atoms with van der Waals surface area (Å²) >= 11 is 0. The second-order valence-corrected chi connectivity index (χ2v) is 5.71. The molecule has 3 aromatic rings. The van der Waals surface area contributed by atoms with Crippen molar-refractivity contribution in [3.63, 3.8) is 0 Å². The fourth-order valence-corrected chi connectivity index (χ4v) is 3.12. The lowest BCUT2D eigenvalue weighted by molar-refractivity contribution is 1.00. The van der Waals surface area contributed by atoms with Crippen molar-refractivity contribution in [1.29, 1.82) is 0 Å². The summed E-state index contributed by atoms with van der Waals surface area (Å²) in [6.07, 6.45) is 0.954. The van der Waals surface area contributed by atoms with E-state index < -0.39 is 0 Å². The maximum Gasteiger partial charge on any atom is 0.0526 e. The molecule has 0 bridgehead atoms. The summed E-state index contributed by atoms with van der Waals surface area (Å²) < 4.78 is 0. The monoisotopic (exact) mass is 283 g/mol. The maximum atomic E-state index is 4.65. The van der Waals surface area contributed by atoms with Crippen molar-refractivity contribution in [2.24, 2.45) is 0 Å². The van der Waals surface area contributed by atoms with Crippen molar-refractivity contribution in [1.82, 2.24) is 4.98 Å². The Morgan fingerprint density at radius 3 is 1.91 bits per heavy atom. The lowest BCUT2D eigenvalue weighted by atomic mass is 9.79. The summed E-state index contributed by atoms with van der Waals surface area (Å²) in [5.41, 5.74) is 8.90. The molecule has 0 saturated heterocycles. The number of benzene rings is 2. The van der Waals surface area contributed by atoms with Crippen LogP contribution in [0.1, 0.15) is 28.1 Å². The molecule has 1 aliphatic rings. The van der Waals surface area contributed by atoms with Crippen LogP contribution in [0.4, 0.5) is 0 Å². The van der Waals surface area contributed by atoms with Gasteiger partial charge < -0.3 is 0 Å². The summed E-state index contributed by atoms with van der Waals surface area (Å²) in [4.78, 5) is 4.65. The first-order valence-corrected chi connectivity index (χ1v) is 7.64. The number of nitrogens with zero attached hydrogens (tertiary/aromatic N) is 1. The first-order valence-electron chi connectivity index (χ1n) is 7.64. The summed E-state index contributed by atoms with van der Waals surface area (Å²) in [6, 6.07) is 25.6. The third kappa shape index (κ3) is 2.15. The fraction of sp³-hybridized carbons (Fsp3) is 0.0952. The van der Waals surface area contributed by atoms with Gasteiger partial charge in [0.15, 0.2) is 0 Å². The molecule has 0 atom stereocenters. The molecule has 1 aromatic heterocycles. The van der Waals surface area contributed by atoms with E-state index >= 15 is 0 Å². The zero-order valence-electron chi connectivity index (χ0n) is 12.6. The Labute approximate surface area is 131 Å². The quantitative estimate of drug-likeness (QED) is 0.651. The highest BCUT2D eigenvalue weighted by atomic mass is 14.7. The van der Waals surface area contributed by atoms with E-state index in [-0.39, 0.29) is 0 Å². The van der Waals surface area contributed by atoms with Crippen LogP contribution >= 0.6 is 0 Å². The number of allylic oxidation sites excluding steroid dienone is 1. The van der Waals surface area contributed by atoms with Gasteiger partial charge in [-0.1, -0.05) is 66.7 Å². The van der Waals surface area contributed by atoms with Gasteiger partial charge in [-0.25, -0.2) is 0 Å². The molecule has 0 radical (unpaired) electrons. The predicted octanol–water partition coefficient (Wildman–Crippen LogP) is 4.91. The second-order valence-electron chi connectivity index (χ2n) is 5.71. The number of rotatable bonds is 2. The Kier molecular flexibility index (Phi) is 3.12. The minimum Gasteiger partial charge on any atom is -0.257 e. The fourth-order valence-electron chi connectivity index (χ4n) is 3.12. The molecule has 1 aliphatic carbocycles. The summed E-state index contributed by atoms with van der Waals surface area (Å²) in [5, 5.41) is 0. The molecule has 0 unspecified atom stereocenters. The van der Waals surface area contributed by atoms with Crippen LogP contribution in [0.25, 0.3) is 11.1 Å². The Balaban J connectivity index is 1.93. The van der Waals surface area contributed by atoms with E-state index in [0.29, 0.717) is 0 Å². The van der Waals surface area contributed by atoms with Crippen molar-refractivity contribution >= 4 is 11.1 Å². The SMILES string of the molecule is Cc1ccc2c(n1)CC2=C(c1ccccc1)c1ccccc1. The van der Waals surface area contributed by atoms with Crippen molar-refractivity contribution in [3.8, 4) is 0 Å². The highest BCUT2D eigenvalue weighted by Gasteiger charge is 2.25. The predicted molar refractivity (Wildman–Crippen MR) is 91.5 cm³/mol. The molecule has 0 saturated carbocycles. The second kappa shape index (κ2) is 5.27. The van der Waals surface area contributed by atoms with Crippen LogP contribution < -0.4 is 0 Å². The average Bonchev–Trinajstić information content (AvgIpc) is 2.55. The molecular weight excluding hydrogens is 266 g/mol. The van der Waals surface area contributed by atoms with E-state index in [0.717, 1.165) is 12.1 Å². The van der Waals surface area contributed by atoms with Gasteiger partial charge in [0.05, 0.1) is 5.69 Å². The van der Waals surface area contributed by atoms with E-state index in [9.17, 15) is 0 Å². The minimum atomic E-state index is 0.954. The van der Waals surface area contributed by atoms with Gasteiger partial charge in [-0.2, -0.15) is 0 Å². The molecule has 4 rings (SSSR count). The molecule has 0 spiro atoms. The third-order valence-corrected chi connectivity index (χ3v) is 4.21. The summed E-state index contributed by atoms with van der Waals surface area (Å²) in [7, 11) is 0. The van der Waals surface area contributed by atoms with Crippen LogP contribution in [0.5, 0.6) is 0 Å². The van der Waals surface area contributed by atoms with Crippen LogP contribution in [-0.2, 0) is 6.42 Å². The number of aromatic nitrogens is 1. The van der Waals surface area contributed by atoms with E-state index in [1.54, 1.807) is 0 Å². The van der Waals surface area contributed by atoms with Crippen LogP contribution in [0.3, 0.4) is 0 Å². The zero-order chi connectivity index (χ0) is 14.9. The van der Waals surface area contributed by atoms with Crippen LogP contribution in [0, 0.1) is 6.92 Å². The number of hydrogen-bond acceptors (Lipinski definition) is 1. The van der Waals surface area contributed by atoms with E-state index in [1.165, 1.54) is 33.5 Å². The number of hydrogen-bond donors (Lipinski definition) is 0. The lowest BCUT2D eigenvalue weighted by Crippen LogP contribution is -2.13. The van der Waals surface area contributed by atoms with Crippen molar-refractivity contribution in [3.05, 3.63) is 101 Å². The maximum absolute atomic E-state index is 4.65. The van der Waals surface area contributed by atoms with Gasteiger partial charge in [0.1, 0.15) is 0 Å². The summed E-state index contributed by atoms with van der Waals surface area (Å²) in [6.45, 7) is 2.05. The van der Waals surface area contributed by atoms with E-state index in [2.05, 4.69) is 84.7 Å². The first kappa shape index (κ1) is 13.0. The number of fused-ring (bicyclic) bond motifs is 1.